The molecular weight excluding hydrogens is 734 g/mol. The normalized spacial score (nSPS) is 12.3. The van der Waals surface area contributed by atoms with E-state index >= 15 is 0 Å². The molecule has 2 heterocycles. The summed E-state index contributed by atoms with van der Waals surface area (Å²) in [5.41, 5.74) is 1.05. The summed E-state index contributed by atoms with van der Waals surface area (Å²) in [5.74, 6) is -2.93. The van der Waals surface area contributed by atoms with Crippen molar-refractivity contribution >= 4 is 95.0 Å². The lowest BCUT2D eigenvalue weighted by atomic mass is 9.84. The molecule has 9 nitrogen and oxygen atoms in total. The average Bonchev–Trinajstić information content (AvgIpc) is 3.43. The minimum absolute atomic E-state index is 0.0416. The van der Waals surface area contributed by atoms with Crippen molar-refractivity contribution in [1.82, 2.24) is 14.7 Å². The van der Waals surface area contributed by atoms with E-state index in [0.717, 1.165) is 11.5 Å². The summed E-state index contributed by atoms with van der Waals surface area (Å²) < 4.78 is 34.6. The van der Waals surface area contributed by atoms with Crippen molar-refractivity contribution in [3.63, 3.8) is 0 Å². The van der Waals surface area contributed by atoms with Crippen molar-refractivity contribution in [3.8, 4) is 0 Å². The number of anilines is 1. The molecule has 3 aromatic carbocycles. The number of sulfonamides is 1. The summed E-state index contributed by atoms with van der Waals surface area (Å²) in [6, 6.07) is 18.0. The van der Waals surface area contributed by atoms with Crippen LogP contribution in [-0.4, -0.2) is 40.8 Å². The fraction of sp³-hybridized carbons (Fsp3) is 0.0714. The molecule has 0 unspecified atom stereocenters. The molecular formula is C28H19Cl2IN4O5S2. The molecule has 0 aliphatic carbocycles. The van der Waals surface area contributed by atoms with E-state index in [0.29, 0.717) is 34.8 Å². The van der Waals surface area contributed by atoms with Crippen molar-refractivity contribution < 1.29 is 23.1 Å². The fourth-order valence-electron chi connectivity index (χ4n) is 4.40. The second kappa shape index (κ2) is 12.5. The second-order valence-corrected chi connectivity index (χ2v) is 13.6. The number of benzene rings is 3. The molecule has 2 aromatic heterocycles. The van der Waals surface area contributed by atoms with Gasteiger partial charge in [-0.15, -0.1) is 0 Å². The predicted molar refractivity (Wildman–Crippen MR) is 171 cm³/mol. The number of hydrogen-bond acceptors (Lipinski definition) is 7. The smallest absolute Gasteiger partial charge is 0.327 e. The number of carbonyl (C=O) groups excluding carboxylic acids is 1. The SMILES string of the molecule is O=C(N[C@H](C(=O)O)C(c1ccc(Cl)cc1)c1ccc(Cl)cc1)c1ccc(I)cc1NS(=O)(=O)c1nccc2sncc12. The minimum atomic E-state index is -4.26. The average molecular weight is 753 g/mol. The van der Waals surface area contributed by atoms with Gasteiger partial charge in [0, 0.05) is 25.7 Å². The molecule has 0 saturated carbocycles. The Balaban J connectivity index is 1.52. The van der Waals surface area contributed by atoms with Crippen LogP contribution in [0.25, 0.3) is 10.1 Å². The van der Waals surface area contributed by atoms with Crippen molar-refractivity contribution in [1.29, 1.82) is 0 Å². The molecule has 1 amide bonds. The number of pyridine rings is 1. The van der Waals surface area contributed by atoms with Crippen LogP contribution in [0, 0.1) is 3.57 Å². The van der Waals surface area contributed by atoms with Crippen molar-refractivity contribution in [3.05, 3.63) is 115 Å². The van der Waals surface area contributed by atoms with E-state index in [1.807, 2.05) is 22.6 Å². The summed E-state index contributed by atoms with van der Waals surface area (Å²) >= 11 is 15.3. The first-order valence-electron chi connectivity index (χ1n) is 12.1. The van der Waals surface area contributed by atoms with Gasteiger partial charge in [0.2, 0.25) is 0 Å². The number of carboxylic acids is 1. The van der Waals surface area contributed by atoms with Crippen LogP contribution in [0.3, 0.4) is 0 Å². The minimum Gasteiger partial charge on any atom is -0.480 e. The molecule has 5 rings (SSSR count). The first-order chi connectivity index (χ1) is 20.0. The third-order valence-corrected chi connectivity index (χ3v) is 9.58. The Kier molecular flexibility index (Phi) is 8.99. The Morgan fingerprint density at radius 3 is 2.14 bits per heavy atom. The summed E-state index contributed by atoms with van der Waals surface area (Å²) in [7, 11) is -4.26. The Morgan fingerprint density at radius 2 is 1.55 bits per heavy atom. The molecule has 0 fully saturated rings. The maximum absolute atomic E-state index is 13.7. The predicted octanol–water partition coefficient (Wildman–Crippen LogP) is 6.42. The summed E-state index contributed by atoms with van der Waals surface area (Å²) in [6.45, 7) is 0. The van der Waals surface area contributed by atoms with Crippen LogP contribution < -0.4 is 10.0 Å². The van der Waals surface area contributed by atoms with Gasteiger partial charge in [0.1, 0.15) is 6.04 Å². The van der Waals surface area contributed by atoms with Gasteiger partial charge in [0.15, 0.2) is 5.03 Å². The van der Waals surface area contributed by atoms with E-state index in [4.69, 9.17) is 23.2 Å². The van der Waals surface area contributed by atoms with Gasteiger partial charge < -0.3 is 10.4 Å². The van der Waals surface area contributed by atoms with Gasteiger partial charge in [-0.1, -0.05) is 47.5 Å². The third-order valence-electron chi connectivity index (χ3n) is 6.32. The Bertz CT molecular complexity index is 1860. The molecule has 5 aromatic rings. The van der Waals surface area contributed by atoms with Gasteiger partial charge in [-0.2, -0.15) is 12.8 Å². The van der Waals surface area contributed by atoms with Crippen LogP contribution in [-0.2, 0) is 14.8 Å². The van der Waals surface area contributed by atoms with Gasteiger partial charge >= 0.3 is 5.97 Å². The first kappa shape index (κ1) is 30.2. The Morgan fingerprint density at radius 1 is 0.929 bits per heavy atom. The van der Waals surface area contributed by atoms with E-state index in [-0.39, 0.29) is 16.3 Å². The summed E-state index contributed by atoms with van der Waals surface area (Å²) in [5, 5.41) is 13.9. The zero-order chi connectivity index (χ0) is 30.0. The van der Waals surface area contributed by atoms with Gasteiger partial charge in [-0.05, 0) is 93.8 Å². The number of hydrogen-bond donors (Lipinski definition) is 3. The maximum atomic E-state index is 13.7. The van der Waals surface area contributed by atoms with Crippen LogP contribution in [0.2, 0.25) is 10.0 Å². The highest BCUT2D eigenvalue weighted by molar-refractivity contribution is 14.1. The van der Waals surface area contributed by atoms with Crippen molar-refractivity contribution in [2.45, 2.75) is 17.0 Å². The lowest BCUT2D eigenvalue weighted by Gasteiger charge is -2.26. The topological polar surface area (TPSA) is 138 Å². The number of amides is 1. The van der Waals surface area contributed by atoms with Crippen molar-refractivity contribution in [2.75, 3.05) is 4.72 Å². The molecule has 0 aliphatic heterocycles. The van der Waals surface area contributed by atoms with Gasteiger partial charge in [-0.3, -0.25) is 9.52 Å². The molecule has 0 bridgehead atoms. The second-order valence-electron chi connectivity index (χ2n) is 9.02. The maximum Gasteiger partial charge on any atom is 0.327 e. The number of aliphatic carboxylic acids is 1. The number of nitrogens with one attached hydrogen (secondary N) is 2. The largest absolute Gasteiger partial charge is 0.480 e. The van der Waals surface area contributed by atoms with Gasteiger partial charge in [0.25, 0.3) is 15.9 Å². The van der Waals surface area contributed by atoms with Crippen LogP contribution in [0.4, 0.5) is 5.69 Å². The van der Waals surface area contributed by atoms with E-state index in [1.54, 1.807) is 60.7 Å². The first-order valence-corrected chi connectivity index (χ1v) is 16.2. The summed E-state index contributed by atoms with van der Waals surface area (Å²) in [4.78, 5) is 30.4. The van der Waals surface area contributed by atoms with Crippen LogP contribution in [0.5, 0.6) is 0 Å². The van der Waals surface area contributed by atoms with E-state index < -0.39 is 33.9 Å². The number of carbonyl (C=O) groups is 2. The van der Waals surface area contributed by atoms with Crippen LogP contribution in [0.1, 0.15) is 27.4 Å². The fourth-order valence-corrected chi connectivity index (χ4v) is 7.06. The zero-order valence-corrected chi connectivity index (χ0v) is 26.5. The van der Waals surface area contributed by atoms with E-state index in [2.05, 4.69) is 19.4 Å². The molecule has 214 valence electrons. The molecule has 1 atom stereocenters. The molecule has 42 heavy (non-hydrogen) atoms. The standard InChI is InChI=1S/C28H19Cl2IN4O5S2/c29-17-5-1-15(2-6-17)24(16-3-7-18(30)8-4-16)25(28(37)38)34-26(36)20-10-9-19(31)13-22(20)35-42(39,40)27-21-14-33-41-23(21)11-12-32-27/h1-14,24-25,35H,(H,34,36)(H,37,38)/t25-/m0/s1. The summed E-state index contributed by atoms with van der Waals surface area (Å²) in [6.07, 6.45) is 2.78. The molecule has 3 N–H and O–H groups in total. The Labute approximate surface area is 268 Å². The van der Waals surface area contributed by atoms with Crippen molar-refractivity contribution in [2.24, 2.45) is 0 Å². The van der Waals surface area contributed by atoms with Gasteiger partial charge in [0.05, 0.1) is 27.5 Å². The zero-order valence-electron chi connectivity index (χ0n) is 21.2. The number of aromatic nitrogens is 2. The van der Waals surface area contributed by atoms with E-state index in [9.17, 15) is 23.1 Å². The number of rotatable bonds is 9. The number of carboxylic acid groups (broad SMARTS) is 1. The molecule has 0 radical (unpaired) electrons. The third kappa shape index (κ3) is 6.52. The van der Waals surface area contributed by atoms with Gasteiger partial charge in [-0.25, -0.2) is 9.78 Å². The van der Waals surface area contributed by atoms with Crippen LogP contribution >= 0.6 is 57.3 Å². The monoisotopic (exact) mass is 752 g/mol. The quantitative estimate of drug-likeness (QED) is 0.148. The highest BCUT2D eigenvalue weighted by atomic mass is 127. The Hall–Kier alpha value is -3.30. The molecule has 0 saturated heterocycles. The van der Waals surface area contributed by atoms with E-state index in [1.165, 1.54) is 24.5 Å². The highest BCUT2D eigenvalue weighted by Gasteiger charge is 2.34. The molecule has 14 heteroatoms. The lowest BCUT2D eigenvalue weighted by molar-refractivity contribution is -0.139. The number of nitrogens with zero attached hydrogens (tertiary/aromatic N) is 2. The molecule has 0 aliphatic rings. The molecule has 0 spiro atoms. The lowest BCUT2D eigenvalue weighted by Crippen LogP contribution is -2.45. The number of fused-ring (bicyclic) bond motifs is 1. The number of halogens is 3. The highest BCUT2D eigenvalue weighted by Crippen LogP contribution is 2.32. The van der Waals surface area contributed by atoms with Crippen LogP contribution in [0.15, 0.2) is 90.2 Å².